The summed E-state index contributed by atoms with van der Waals surface area (Å²) in [5.74, 6) is -1.35. The van der Waals surface area contributed by atoms with Gasteiger partial charge in [-0.15, -0.1) is 11.3 Å². The minimum Gasteiger partial charge on any atom is -0.478 e. The molecule has 21 heavy (non-hydrogen) atoms. The first kappa shape index (κ1) is 15.2. The Morgan fingerprint density at radius 1 is 1.29 bits per heavy atom. The molecular weight excluding hydrogens is 288 g/mol. The van der Waals surface area contributed by atoms with E-state index in [0.29, 0.717) is 10.6 Å². The van der Waals surface area contributed by atoms with Crippen LogP contribution in [-0.2, 0) is 6.54 Å². The van der Waals surface area contributed by atoms with Crippen molar-refractivity contribution in [1.82, 2.24) is 4.90 Å². The van der Waals surface area contributed by atoms with Gasteiger partial charge in [0.15, 0.2) is 0 Å². The third kappa shape index (κ3) is 3.90. The standard InChI is InChI=1S/C15H16N2O3S/c1-17(2)9-10-4-3-5-11(8-10)13(18)16-14-12(15(19)20)6-7-21-14/h3-8H,9H2,1-2H3,(H,16,18)(H,19,20). The molecule has 0 unspecified atom stereocenters. The lowest BCUT2D eigenvalue weighted by molar-refractivity contribution is 0.0698. The summed E-state index contributed by atoms with van der Waals surface area (Å²) in [6, 6.07) is 8.77. The lowest BCUT2D eigenvalue weighted by atomic mass is 10.1. The maximum absolute atomic E-state index is 12.2. The largest absolute Gasteiger partial charge is 0.478 e. The average Bonchev–Trinajstić information content (AvgIpc) is 2.86. The molecule has 2 rings (SSSR count). The van der Waals surface area contributed by atoms with E-state index >= 15 is 0 Å². The molecule has 5 nitrogen and oxygen atoms in total. The van der Waals surface area contributed by atoms with Crippen LogP contribution in [0.4, 0.5) is 5.00 Å². The van der Waals surface area contributed by atoms with Crippen molar-refractivity contribution in [2.45, 2.75) is 6.54 Å². The van der Waals surface area contributed by atoms with Gasteiger partial charge < -0.3 is 15.3 Å². The first-order valence-electron chi connectivity index (χ1n) is 6.33. The summed E-state index contributed by atoms with van der Waals surface area (Å²) in [6.07, 6.45) is 0. The minimum atomic E-state index is -1.05. The summed E-state index contributed by atoms with van der Waals surface area (Å²) in [7, 11) is 3.91. The van der Waals surface area contributed by atoms with Gasteiger partial charge >= 0.3 is 5.97 Å². The Balaban J connectivity index is 2.17. The number of nitrogens with zero attached hydrogens (tertiary/aromatic N) is 1. The molecule has 0 saturated carbocycles. The Morgan fingerprint density at radius 2 is 2.05 bits per heavy atom. The highest BCUT2D eigenvalue weighted by molar-refractivity contribution is 7.14. The molecular formula is C15H16N2O3S. The van der Waals surface area contributed by atoms with E-state index in [-0.39, 0.29) is 11.5 Å². The Morgan fingerprint density at radius 3 is 2.71 bits per heavy atom. The van der Waals surface area contributed by atoms with Crippen LogP contribution in [0.3, 0.4) is 0 Å². The number of carbonyl (C=O) groups excluding carboxylic acids is 1. The second-order valence-corrected chi connectivity index (χ2v) is 5.78. The maximum Gasteiger partial charge on any atom is 0.338 e. The minimum absolute atomic E-state index is 0.109. The number of amides is 1. The molecule has 0 fully saturated rings. The molecule has 0 aliphatic heterocycles. The van der Waals surface area contributed by atoms with Crippen molar-refractivity contribution in [3.05, 3.63) is 52.4 Å². The van der Waals surface area contributed by atoms with Crippen LogP contribution in [-0.4, -0.2) is 36.0 Å². The van der Waals surface area contributed by atoms with Crippen LogP contribution in [0.15, 0.2) is 35.7 Å². The van der Waals surface area contributed by atoms with Crippen LogP contribution in [0.5, 0.6) is 0 Å². The fourth-order valence-corrected chi connectivity index (χ4v) is 2.70. The Bertz CT molecular complexity index is 664. The molecule has 1 aromatic heterocycles. The summed E-state index contributed by atoms with van der Waals surface area (Å²) >= 11 is 1.19. The van der Waals surface area contributed by atoms with E-state index in [2.05, 4.69) is 5.32 Å². The van der Waals surface area contributed by atoms with E-state index in [1.54, 1.807) is 11.4 Å². The van der Waals surface area contributed by atoms with Gasteiger partial charge in [-0.2, -0.15) is 0 Å². The van der Waals surface area contributed by atoms with Crippen molar-refractivity contribution < 1.29 is 14.7 Å². The molecule has 2 aromatic rings. The zero-order chi connectivity index (χ0) is 15.4. The molecule has 0 aliphatic rings. The third-order valence-corrected chi connectivity index (χ3v) is 3.64. The van der Waals surface area contributed by atoms with E-state index in [0.717, 1.165) is 12.1 Å². The number of aromatic carboxylic acids is 1. The zero-order valence-corrected chi connectivity index (χ0v) is 12.6. The van der Waals surface area contributed by atoms with Crippen molar-refractivity contribution in [2.24, 2.45) is 0 Å². The molecule has 0 saturated heterocycles. The molecule has 0 atom stereocenters. The predicted octanol–water partition coefficient (Wildman–Crippen LogP) is 2.76. The summed E-state index contributed by atoms with van der Waals surface area (Å²) < 4.78 is 0. The lowest BCUT2D eigenvalue weighted by Gasteiger charge is -2.11. The Labute approximate surface area is 126 Å². The number of hydrogen-bond donors (Lipinski definition) is 2. The number of carboxylic acid groups (broad SMARTS) is 1. The lowest BCUT2D eigenvalue weighted by Crippen LogP contribution is -2.15. The SMILES string of the molecule is CN(C)Cc1cccc(C(=O)Nc2sccc2C(=O)O)c1. The van der Waals surface area contributed by atoms with E-state index in [1.165, 1.54) is 17.4 Å². The van der Waals surface area contributed by atoms with Crippen LogP contribution in [0.25, 0.3) is 0 Å². The molecule has 0 radical (unpaired) electrons. The summed E-state index contributed by atoms with van der Waals surface area (Å²) in [4.78, 5) is 25.3. The van der Waals surface area contributed by atoms with Gasteiger partial charge in [-0.1, -0.05) is 12.1 Å². The van der Waals surface area contributed by atoms with Gasteiger partial charge in [0.25, 0.3) is 5.91 Å². The molecule has 2 N–H and O–H groups in total. The van der Waals surface area contributed by atoms with Crippen molar-refractivity contribution in [2.75, 3.05) is 19.4 Å². The van der Waals surface area contributed by atoms with Crippen LogP contribution < -0.4 is 5.32 Å². The van der Waals surface area contributed by atoms with Crippen molar-refractivity contribution in [3.8, 4) is 0 Å². The smallest absolute Gasteiger partial charge is 0.338 e. The highest BCUT2D eigenvalue weighted by Crippen LogP contribution is 2.24. The maximum atomic E-state index is 12.2. The molecule has 6 heteroatoms. The molecule has 110 valence electrons. The number of carboxylic acids is 1. The average molecular weight is 304 g/mol. The number of rotatable bonds is 5. The highest BCUT2D eigenvalue weighted by atomic mass is 32.1. The monoisotopic (exact) mass is 304 g/mol. The number of thiophene rings is 1. The molecule has 1 heterocycles. The predicted molar refractivity (Wildman–Crippen MR) is 83.1 cm³/mol. The van der Waals surface area contributed by atoms with Gasteiger partial charge in [-0.3, -0.25) is 4.79 Å². The van der Waals surface area contributed by atoms with E-state index in [4.69, 9.17) is 5.11 Å². The van der Waals surface area contributed by atoms with Crippen LogP contribution in [0.1, 0.15) is 26.3 Å². The Kier molecular flexibility index (Phi) is 4.72. The fourth-order valence-electron chi connectivity index (χ4n) is 1.93. The van der Waals surface area contributed by atoms with Gasteiger partial charge in [-0.25, -0.2) is 4.79 Å². The van der Waals surface area contributed by atoms with Crippen LogP contribution >= 0.6 is 11.3 Å². The van der Waals surface area contributed by atoms with Gasteiger partial charge in [0.05, 0.1) is 5.56 Å². The number of anilines is 1. The fraction of sp³-hybridized carbons (Fsp3) is 0.200. The number of hydrogen-bond acceptors (Lipinski definition) is 4. The summed E-state index contributed by atoms with van der Waals surface area (Å²) in [6.45, 7) is 0.737. The normalized spacial score (nSPS) is 10.6. The van der Waals surface area contributed by atoms with E-state index < -0.39 is 5.97 Å². The van der Waals surface area contributed by atoms with Crippen LogP contribution in [0, 0.1) is 0 Å². The van der Waals surface area contributed by atoms with Gasteiger partial charge in [0.1, 0.15) is 5.00 Å². The number of benzene rings is 1. The van der Waals surface area contributed by atoms with Crippen LogP contribution in [0.2, 0.25) is 0 Å². The second kappa shape index (κ2) is 6.51. The first-order chi connectivity index (χ1) is 9.97. The topological polar surface area (TPSA) is 69.6 Å². The van der Waals surface area contributed by atoms with Gasteiger partial charge in [0, 0.05) is 12.1 Å². The molecule has 0 aliphatic carbocycles. The van der Waals surface area contributed by atoms with Crippen molar-refractivity contribution in [3.63, 3.8) is 0 Å². The number of carbonyl (C=O) groups is 2. The molecule has 1 aromatic carbocycles. The van der Waals surface area contributed by atoms with Crippen molar-refractivity contribution in [1.29, 1.82) is 0 Å². The second-order valence-electron chi connectivity index (χ2n) is 4.86. The third-order valence-electron chi connectivity index (χ3n) is 2.81. The Hall–Kier alpha value is -2.18. The zero-order valence-electron chi connectivity index (χ0n) is 11.8. The molecule has 0 bridgehead atoms. The molecule has 0 spiro atoms. The van der Waals surface area contributed by atoms with E-state index in [9.17, 15) is 9.59 Å². The van der Waals surface area contributed by atoms with E-state index in [1.807, 2.05) is 37.2 Å². The summed E-state index contributed by atoms with van der Waals surface area (Å²) in [5, 5.41) is 13.7. The van der Waals surface area contributed by atoms with Gasteiger partial charge in [0.2, 0.25) is 0 Å². The molecule has 1 amide bonds. The van der Waals surface area contributed by atoms with Gasteiger partial charge in [-0.05, 0) is 43.2 Å². The quantitative estimate of drug-likeness (QED) is 0.891. The highest BCUT2D eigenvalue weighted by Gasteiger charge is 2.15. The number of nitrogens with one attached hydrogen (secondary N) is 1. The summed E-state index contributed by atoms with van der Waals surface area (Å²) in [5.41, 5.74) is 1.65. The van der Waals surface area contributed by atoms with Crippen molar-refractivity contribution >= 4 is 28.2 Å². The first-order valence-corrected chi connectivity index (χ1v) is 7.21.